The molecule has 13 nitrogen and oxygen atoms in total. The van der Waals surface area contributed by atoms with Gasteiger partial charge in [0, 0.05) is 40.9 Å². The third kappa shape index (κ3) is 9.89. The maximum atomic E-state index is 14.4. The molecule has 3 atom stereocenters. The number of Topliss-reactive ketones (excluding diaryl/α,β-unsaturated/α-hetero) is 1. The van der Waals surface area contributed by atoms with Crippen LogP contribution in [-0.2, 0) is 16.0 Å². The van der Waals surface area contributed by atoms with Gasteiger partial charge in [0.1, 0.15) is 23.9 Å². The molecule has 2 aliphatic heterocycles. The van der Waals surface area contributed by atoms with Crippen molar-refractivity contribution in [2.24, 2.45) is 23.5 Å². The number of halogens is 1. The highest BCUT2D eigenvalue weighted by Gasteiger charge is 2.42. The van der Waals surface area contributed by atoms with Gasteiger partial charge in [-0.05, 0) is 113 Å². The van der Waals surface area contributed by atoms with E-state index in [9.17, 15) is 28.4 Å². The molecule has 0 bridgehead atoms. The maximum Gasteiger partial charge on any atom is 0.299 e. The van der Waals surface area contributed by atoms with Gasteiger partial charge in [0.05, 0.1) is 29.8 Å². The van der Waals surface area contributed by atoms with Crippen LogP contribution in [0.4, 0.5) is 4.39 Å². The Kier molecular flexibility index (Phi) is 13.8. The molecule has 4 amide bonds. The van der Waals surface area contributed by atoms with E-state index in [2.05, 4.69) is 39.4 Å². The maximum absolute atomic E-state index is 14.4. The highest BCUT2D eigenvalue weighted by atomic mass is 19.1. The Morgan fingerprint density at radius 2 is 1.76 bits per heavy atom. The number of alkyl halides is 1. The van der Waals surface area contributed by atoms with Gasteiger partial charge in [-0.3, -0.25) is 29.3 Å². The summed E-state index contributed by atoms with van der Waals surface area (Å²) in [7, 11) is 3.63. The quantitative estimate of drug-likeness (QED) is 0.0500. The number of hydrogen-bond donors (Lipinski definition) is 3. The van der Waals surface area contributed by atoms with Crippen molar-refractivity contribution in [3.63, 3.8) is 0 Å². The van der Waals surface area contributed by atoms with Gasteiger partial charge in [-0.2, -0.15) is 0 Å². The van der Waals surface area contributed by atoms with E-state index < -0.39 is 47.5 Å². The Labute approximate surface area is 360 Å². The topological polar surface area (TPSA) is 179 Å². The van der Waals surface area contributed by atoms with Crippen LogP contribution in [0, 0.1) is 29.6 Å². The van der Waals surface area contributed by atoms with E-state index in [-0.39, 0.29) is 46.6 Å². The fourth-order valence-corrected chi connectivity index (χ4v) is 8.78. The predicted molar refractivity (Wildman–Crippen MR) is 230 cm³/mol. The molecule has 0 radical (unpaired) electrons. The van der Waals surface area contributed by atoms with E-state index in [0.717, 1.165) is 70.0 Å². The molecule has 7 rings (SSSR count). The lowest BCUT2D eigenvalue weighted by molar-refractivity contribution is -0.124. The average molecular weight is 846 g/mol. The molecule has 4 N–H and O–H groups in total. The number of methoxy groups -OCH3 is 1. The average Bonchev–Trinajstić information content (AvgIpc) is 3.54. The normalized spacial score (nSPS) is 20.9. The molecule has 3 heterocycles. The Morgan fingerprint density at radius 3 is 2.52 bits per heavy atom. The molecule has 1 aromatic heterocycles. The second-order valence-corrected chi connectivity index (χ2v) is 16.4. The molecule has 62 heavy (non-hydrogen) atoms. The summed E-state index contributed by atoms with van der Waals surface area (Å²) in [5, 5.41) is 5.97. The summed E-state index contributed by atoms with van der Waals surface area (Å²) >= 11 is 0. The first-order chi connectivity index (χ1) is 29.9. The smallest absolute Gasteiger partial charge is 0.299 e. The zero-order valence-corrected chi connectivity index (χ0v) is 35.3. The summed E-state index contributed by atoms with van der Waals surface area (Å²) in [5.74, 6) is 4.79. The number of ether oxygens (including phenoxy) is 3. The van der Waals surface area contributed by atoms with Crippen molar-refractivity contribution in [1.29, 1.82) is 0 Å². The van der Waals surface area contributed by atoms with E-state index in [0.29, 0.717) is 34.4 Å². The lowest BCUT2D eigenvalue weighted by Gasteiger charge is -2.29. The number of carbonyl (C=O) groups excluding carboxylic acids is 5. The van der Waals surface area contributed by atoms with E-state index in [1.54, 1.807) is 36.5 Å². The van der Waals surface area contributed by atoms with Gasteiger partial charge in [-0.15, -0.1) is 0 Å². The molecule has 0 spiro atoms. The molecular formula is C48H52FN5O8. The van der Waals surface area contributed by atoms with Gasteiger partial charge in [-0.1, -0.05) is 43.4 Å². The standard InChI is InChI=1S/C48H52FN5O8/c1-4-33-38(52-46(58)42(33)49)27-61-48-36-24-40(60-3)37(44(50)56)23-35(36)31(25-51-48)20-19-28-15-17-30(18-16-28)26-54(2)21-7-5-6-10-29-11-8-12-32(22-29)62-39-14-9-13-34-41(39)45(57)53-47(59)43(34)55/h8-9,11-14,22-25,28,30,33,38,42H,4-7,10,15-18,21,26-27H2,1-3H3,(H2,50,56)(H,52,58)(H,53,57,59)/t28-,30-,33-,38+,42-/m0/s1. The number of amides is 4. The third-order valence-corrected chi connectivity index (χ3v) is 12.2. The number of unbranched alkanes of at least 4 members (excludes halogenated alkanes) is 2. The van der Waals surface area contributed by atoms with Crippen molar-refractivity contribution in [2.45, 2.75) is 76.9 Å². The van der Waals surface area contributed by atoms with Crippen LogP contribution < -0.4 is 30.6 Å². The minimum atomic E-state index is -1.58. The summed E-state index contributed by atoms with van der Waals surface area (Å²) in [6.45, 7) is 3.91. The number of ketones is 1. The largest absolute Gasteiger partial charge is 0.496 e. The fourth-order valence-electron chi connectivity index (χ4n) is 8.78. The number of nitrogens with zero attached hydrogens (tertiary/aromatic N) is 2. The number of nitrogens with two attached hydrogens (primary N) is 1. The minimum absolute atomic E-state index is 0.0306. The van der Waals surface area contributed by atoms with E-state index in [1.165, 1.54) is 13.2 Å². The highest BCUT2D eigenvalue weighted by molar-refractivity contribution is 6.49. The Hall–Kier alpha value is -6.33. The number of aromatic nitrogens is 1. The van der Waals surface area contributed by atoms with Crippen LogP contribution in [0.15, 0.2) is 60.8 Å². The number of hydrogen-bond acceptors (Lipinski definition) is 10. The molecule has 1 saturated carbocycles. The second-order valence-electron chi connectivity index (χ2n) is 16.4. The first kappa shape index (κ1) is 43.7. The fraction of sp³-hybridized carbons (Fsp3) is 0.417. The lowest BCUT2D eigenvalue weighted by Crippen LogP contribution is -2.42. The molecule has 4 aromatic rings. The molecule has 1 saturated heterocycles. The molecule has 2 fully saturated rings. The van der Waals surface area contributed by atoms with Gasteiger partial charge < -0.3 is 30.2 Å². The van der Waals surface area contributed by atoms with Crippen molar-refractivity contribution >= 4 is 40.2 Å². The van der Waals surface area contributed by atoms with Gasteiger partial charge >= 0.3 is 0 Å². The summed E-state index contributed by atoms with van der Waals surface area (Å²) in [6, 6.07) is 15.2. The minimum Gasteiger partial charge on any atom is -0.496 e. The summed E-state index contributed by atoms with van der Waals surface area (Å²) in [5.41, 5.74) is 7.76. The number of imide groups is 1. The molecular weight excluding hydrogens is 794 g/mol. The SMILES string of the molecule is CC[C@@H]1[C@H](F)C(=O)N[C@@H]1COc1ncc(C#C[C@H]2CC[C@H](CN(C)CCCCCc3cccc(Oc4cccc5c4C(=O)NC(=O)C5=O)c3)CC2)c2cc(C(N)=O)c(OC)cc12. The Bertz CT molecular complexity index is 2440. The van der Waals surface area contributed by atoms with Crippen LogP contribution in [0.3, 0.4) is 0 Å². The molecule has 3 aromatic carbocycles. The van der Waals surface area contributed by atoms with Crippen LogP contribution in [0.2, 0.25) is 0 Å². The zero-order valence-electron chi connectivity index (χ0n) is 35.3. The highest BCUT2D eigenvalue weighted by Crippen LogP contribution is 2.35. The summed E-state index contributed by atoms with van der Waals surface area (Å²) in [4.78, 5) is 67.9. The summed E-state index contributed by atoms with van der Waals surface area (Å²) < 4.78 is 32.0. The van der Waals surface area contributed by atoms with Crippen molar-refractivity contribution in [3.8, 4) is 35.0 Å². The Morgan fingerprint density at radius 1 is 0.968 bits per heavy atom. The first-order valence-corrected chi connectivity index (χ1v) is 21.3. The number of fused-ring (bicyclic) bond motifs is 2. The van der Waals surface area contributed by atoms with Gasteiger partial charge in [0.15, 0.2) is 6.17 Å². The van der Waals surface area contributed by atoms with E-state index >= 15 is 0 Å². The van der Waals surface area contributed by atoms with Crippen molar-refractivity contribution in [1.82, 2.24) is 20.5 Å². The summed E-state index contributed by atoms with van der Waals surface area (Å²) in [6.07, 6.45) is 8.69. The third-order valence-electron chi connectivity index (χ3n) is 12.2. The van der Waals surface area contributed by atoms with Crippen LogP contribution in [0.1, 0.15) is 100 Å². The Balaban J connectivity index is 0.879. The van der Waals surface area contributed by atoms with Crippen molar-refractivity contribution in [3.05, 3.63) is 88.6 Å². The first-order valence-electron chi connectivity index (χ1n) is 21.3. The number of nitrogens with one attached hydrogen (secondary N) is 2. The van der Waals surface area contributed by atoms with Crippen LogP contribution >= 0.6 is 0 Å². The number of carbonyl (C=O) groups is 5. The number of pyridine rings is 1. The molecule has 0 unspecified atom stereocenters. The number of primary amides is 1. The van der Waals surface area contributed by atoms with Crippen LogP contribution in [0.5, 0.6) is 23.1 Å². The number of rotatable bonds is 16. The molecule has 14 heteroatoms. The van der Waals surface area contributed by atoms with Gasteiger partial charge in [0.25, 0.3) is 29.4 Å². The number of aryl methyl sites for hydroxylation is 1. The molecule has 3 aliphatic rings. The van der Waals surface area contributed by atoms with E-state index in [1.807, 2.05) is 25.1 Å². The molecule has 1 aliphatic carbocycles. The van der Waals surface area contributed by atoms with Crippen LogP contribution in [-0.4, -0.2) is 85.4 Å². The van der Waals surface area contributed by atoms with E-state index in [4.69, 9.17) is 19.9 Å². The van der Waals surface area contributed by atoms with Gasteiger partial charge in [-0.25, -0.2) is 9.37 Å². The zero-order chi connectivity index (χ0) is 43.9. The number of benzene rings is 3. The molecule has 324 valence electrons. The second kappa shape index (κ2) is 19.6. The van der Waals surface area contributed by atoms with Gasteiger partial charge in [0.2, 0.25) is 5.88 Å². The monoisotopic (exact) mass is 845 g/mol. The predicted octanol–water partition coefficient (Wildman–Crippen LogP) is 6.33. The van der Waals surface area contributed by atoms with Crippen molar-refractivity contribution in [2.75, 3.05) is 33.9 Å². The van der Waals surface area contributed by atoms with Crippen molar-refractivity contribution < 1.29 is 42.6 Å². The lowest BCUT2D eigenvalue weighted by atomic mass is 9.82. The van der Waals surface area contributed by atoms with Crippen LogP contribution in [0.25, 0.3) is 10.8 Å².